The molecule has 3 N–H and O–H groups in total. The van der Waals surface area contributed by atoms with E-state index in [-0.39, 0.29) is 5.54 Å². The summed E-state index contributed by atoms with van der Waals surface area (Å²) < 4.78 is 0. The zero-order valence-electron chi connectivity index (χ0n) is 9.32. The second-order valence-corrected chi connectivity index (χ2v) is 4.95. The lowest BCUT2D eigenvalue weighted by Crippen LogP contribution is -2.21. The highest BCUT2D eigenvalue weighted by Gasteiger charge is 2.44. The number of benzene rings is 1. The predicted octanol–water partition coefficient (Wildman–Crippen LogP) is 2.92. The summed E-state index contributed by atoms with van der Waals surface area (Å²) in [5.74, 6) is 0.328. The molecule has 15 heavy (non-hydrogen) atoms. The first kappa shape index (κ1) is 10.8. The van der Waals surface area contributed by atoms with Gasteiger partial charge in [0, 0.05) is 16.1 Å². The van der Waals surface area contributed by atoms with E-state index in [4.69, 9.17) is 17.3 Å². The fourth-order valence-corrected chi connectivity index (χ4v) is 2.33. The average molecular weight is 226 g/mol. The minimum atomic E-state index is -0.337. The Morgan fingerprint density at radius 3 is 2.13 bits per heavy atom. The number of phenols is 1. The molecule has 0 atom stereocenters. The number of hydrogen-bond donors (Lipinski definition) is 2. The Bertz CT molecular complexity index is 407. The molecule has 1 aliphatic carbocycles. The van der Waals surface area contributed by atoms with Gasteiger partial charge in [0.05, 0.1) is 0 Å². The smallest absolute Gasteiger partial charge is 0.124 e. The van der Waals surface area contributed by atoms with Crippen LogP contribution in [0.2, 0.25) is 5.02 Å². The van der Waals surface area contributed by atoms with Crippen LogP contribution in [-0.4, -0.2) is 5.11 Å². The van der Waals surface area contributed by atoms with Gasteiger partial charge in [0.2, 0.25) is 0 Å². The molecule has 0 unspecified atom stereocenters. The summed E-state index contributed by atoms with van der Waals surface area (Å²) in [6, 6.07) is 0. The number of phenolic OH excluding ortho intramolecular Hbond substituents is 1. The fourth-order valence-electron chi connectivity index (χ4n) is 2.09. The zero-order chi connectivity index (χ0) is 11.4. The molecule has 0 heterocycles. The van der Waals surface area contributed by atoms with E-state index in [0.29, 0.717) is 5.75 Å². The minimum absolute atomic E-state index is 0.328. The van der Waals surface area contributed by atoms with E-state index in [0.717, 1.165) is 40.1 Å². The second-order valence-electron chi connectivity index (χ2n) is 4.57. The molecule has 3 heteroatoms. The van der Waals surface area contributed by atoms with Gasteiger partial charge in [-0.1, -0.05) is 11.6 Å². The molecular formula is C12H16ClNO. The molecule has 1 saturated carbocycles. The van der Waals surface area contributed by atoms with Crippen molar-refractivity contribution in [2.45, 2.75) is 39.2 Å². The van der Waals surface area contributed by atoms with Crippen molar-refractivity contribution in [3.05, 3.63) is 27.3 Å². The van der Waals surface area contributed by atoms with E-state index in [1.54, 1.807) is 0 Å². The third-order valence-electron chi connectivity index (χ3n) is 3.47. The van der Waals surface area contributed by atoms with E-state index < -0.39 is 0 Å². The van der Waals surface area contributed by atoms with Gasteiger partial charge in [-0.2, -0.15) is 0 Å². The van der Waals surface area contributed by atoms with Crippen LogP contribution in [-0.2, 0) is 5.54 Å². The van der Waals surface area contributed by atoms with Crippen molar-refractivity contribution in [1.29, 1.82) is 0 Å². The van der Waals surface area contributed by atoms with Crippen molar-refractivity contribution in [1.82, 2.24) is 0 Å². The van der Waals surface area contributed by atoms with Crippen LogP contribution in [0.3, 0.4) is 0 Å². The minimum Gasteiger partial charge on any atom is -0.507 e. The maximum atomic E-state index is 10.1. The second kappa shape index (κ2) is 3.13. The molecule has 0 amide bonds. The standard InChI is InChI=1S/C12H16ClNO/c1-6-7(2)11(15)9(8(3)10(6)13)12(14)4-5-12/h15H,4-5,14H2,1-3H3. The highest BCUT2D eigenvalue weighted by atomic mass is 35.5. The van der Waals surface area contributed by atoms with Gasteiger partial charge in [-0.05, 0) is 50.3 Å². The number of halogens is 1. The van der Waals surface area contributed by atoms with Crippen molar-refractivity contribution < 1.29 is 5.11 Å². The largest absolute Gasteiger partial charge is 0.507 e. The summed E-state index contributed by atoms with van der Waals surface area (Å²) in [5.41, 5.74) is 9.36. The Morgan fingerprint density at radius 2 is 1.67 bits per heavy atom. The third kappa shape index (κ3) is 1.44. The molecule has 2 rings (SSSR count). The molecule has 0 radical (unpaired) electrons. The van der Waals surface area contributed by atoms with E-state index in [9.17, 15) is 5.11 Å². The van der Waals surface area contributed by atoms with Gasteiger partial charge in [-0.25, -0.2) is 0 Å². The van der Waals surface area contributed by atoms with Crippen LogP contribution in [0.15, 0.2) is 0 Å². The van der Waals surface area contributed by atoms with Gasteiger partial charge in [0.25, 0.3) is 0 Å². The molecular weight excluding hydrogens is 210 g/mol. The first-order chi connectivity index (χ1) is 6.88. The average Bonchev–Trinajstić information content (AvgIpc) is 2.91. The third-order valence-corrected chi connectivity index (χ3v) is 4.04. The van der Waals surface area contributed by atoms with Gasteiger partial charge in [-0.15, -0.1) is 0 Å². The Labute approximate surface area is 95.1 Å². The van der Waals surface area contributed by atoms with E-state index in [1.807, 2.05) is 20.8 Å². The highest BCUT2D eigenvalue weighted by molar-refractivity contribution is 6.32. The van der Waals surface area contributed by atoms with Crippen molar-refractivity contribution in [2.75, 3.05) is 0 Å². The normalized spacial score (nSPS) is 17.9. The molecule has 0 spiro atoms. The Morgan fingerprint density at radius 1 is 1.13 bits per heavy atom. The maximum absolute atomic E-state index is 10.1. The van der Waals surface area contributed by atoms with Crippen LogP contribution >= 0.6 is 11.6 Å². The summed E-state index contributed by atoms with van der Waals surface area (Å²) in [4.78, 5) is 0. The molecule has 2 nitrogen and oxygen atoms in total. The van der Waals surface area contributed by atoms with Crippen LogP contribution in [0, 0.1) is 20.8 Å². The SMILES string of the molecule is Cc1c(C)c(Cl)c(C)c(C2(N)CC2)c1O. The number of nitrogens with two attached hydrogens (primary N) is 1. The van der Waals surface area contributed by atoms with Crippen LogP contribution in [0.5, 0.6) is 5.75 Å². The molecule has 0 aliphatic heterocycles. The van der Waals surface area contributed by atoms with Gasteiger partial charge < -0.3 is 10.8 Å². The molecule has 1 aromatic rings. The fraction of sp³-hybridized carbons (Fsp3) is 0.500. The van der Waals surface area contributed by atoms with Crippen LogP contribution in [0.25, 0.3) is 0 Å². The quantitative estimate of drug-likeness (QED) is 0.772. The topological polar surface area (TPSA) is 46.2 Å². The van der Waals surface area contributed by atoms with E-state index in [2.05, 4.69) is 0 Å². The zero-order valence-corrected chi connectivity index (χ0v) is 10.1. The predicted molar refractivity (Wildman–Crippen MR) is 62.4 cm³/mol. The van der Waals surface area contributed by atoms with Crippen LogP contribution in [0.1, 0.15) is 35.1 Å². The molecule has 0 aromatic heterocycles. The van der Waals surface area contributed by atoms with E-state index in [1.165, 1.54) is 0 Å². The van der Waals surface area contributed by atoms with Crippen LogP contribution < -0.4 is 5.73 Å². The van der Waals surface area contributed by atoms with Gasteiger partial charge in [0.1, 0.15) is 5.75 Å². The van der Waals surface area contributed by atoms with Crippen molar-refractivity contribution in [3.63, 3.8) is 0 Å². The summed E-state index contributed by atoms with van der Waals surface area (Å²) in [6.07, 6.45) is 1.86. The number of rotatable bonds is 1. The lowest BCUT2D eigenvalue weighted by atomic mass is 9.93. The van der Waals surface area contributed by atoms with Crippen LogP contribution in [0.4, 0.5) is 0 Å². The molecule has 0 bridgehead atoms. The number of aromatic hydroxyl groups is 1. The molecule has 0 saturated heterocycles. The maximum Gasteiger partial charge on any atom is 0.124 e. The summed E-state index contributed by atoms with van der Waals surface area (Å²) in [5, 5.41) is 10.9. The summed E-state index contributed by atoms with van der Waals surface area (Å²) >= 11 is 6.23. The van der Waals surface area contributed by atoms with Gasteiger partial charge in [0.15, 0.2) is 0 Å². The lowest BCUT2D eigenvalue weighted by Gasteiger charge is -2.20. The van der Waals surface area contributed by atoms with Crippen molar-refractivity contribution >= 4 is 11.6 Å². The molecule has 1 fully saturated rings. The summed E-state index contributed by atoms with van der Waals surface area (Å²) in [6.45, 7) is 5.73. The number of hydrogen-bond acceptors (Lipinski definition) is 2. The molecule has 82 valence electrons. The molecule has 1 aromatic carbocycles. The van der Waals surface area contributed by atoms with Crippen molar-refractivity contribution in [2.24, 2.45) is 5.73 Å². The monoisotopic (exact) mass is 225 g/mol. The lowest BCUT2D eigenvalue weighted by molar-refractivity contribution is 0.454. The molecule has 1 aliphatic rings. The highest BCUT2D eigenvalue weighted by Crippen LogP contribution is 2.50. The first-order valence-electron chi connectivity index (χ1n) is 5.16. The van der Waals surface area contributed by atoms with Gasteiger partial charge >= 0.3 is 0 Å². The van der Waals surface area contributed by atoms with Gasteiger partial charge in [-0.3, -0.25) is 0 Å². The first-order valence-corrected chi connectivity index (χ1v) is 5.54. The summed E-state index contributed by atoms with van der Waals surface area (Å²) in [7, 11) is 0. The van der Waals surface area contributed by atoms with E-state index >= 15 is 0 Å². The Balaban J connectivity index is 2.74. The van der Waals surface area contributed by atoms with Crippen molar-refractivity contribution in [3.8, 4) is 5.75 Å². The Hall–Kier alpha value is -0.730. The Kier molecular flexibility index (Phi) is 2.25.